The summed E-state index contributed by atoms with van der Waals surface area (Å²) in [6.07, 6.45) is 18.0. The van der Waals surface area contributed by atoms with Crippen LogP contribution in [0.5, 0.6) is 5.75 Å². The fourth-order valence-electron chi connectivity index (χ4n) is 3.05. The predicted octanol–water partition coefficient (Wildman–Crippen LogP) is 6.64. The molecule has 0 N–H and O–H groups in total. The number of carbonyl (C=O) groups excluding carboxylic acids is 1. The number of hydrogen-bond acceptors (Lipinski definition) is 2. The van der Waals surface area contributed by atoms with Crippen LogP contribution in [0.3, 0.4) is 0 Å². The zero-order valence-corrected chi connectivity index (χ0v) is 15.9. The first-order valence-electron chi connectivity index (χ1n) is 9.92. The fourth-order valence-corrected chi connectivity index (χ4v) is 3.05. The minimum absolute atomic E-state index is 0.0705. The Morgan fingerprint density at radius 2 is 1.69 bits per heavy atom. The van der Waals surface area contributed by atoms with Gasteiger partial charge in [0.2, 0.25) is 0 Å². The third-order valence-corrected chi connectivity index (χ3v) is 4.54. The van der Waals surface area contributed by atoms with Gasteiger partial charge in [-0.2, -0.15) is 0 Å². The molecule has 1 aromatic carbocycles. The van der Waals surface area contributed by atoms with Gasteiger partial charge in [0.1, 0.15) is 5.75 Å². The van der Waals surface area contributed by atoms with Crippen molar-refractivity contribution in [2.45, 2.75) is 70.6 Å². The third-order valence-electron chi connectivity index (χ3n) is 4.54. The molecular formula is C24H30O2. The summed E-state index contributed by atoms with van der Waals surface area (Å²) in [6.45, 7) is 2.20. The lowest BCUT2D eigenvalue weighted by molar-refractivity contribution is -0.134. The maximum atomic E-state index is 11.9. The number of para-hydroxylation sites is 1. The molecule has 1 unspecified atom stereocenters. The molecule has 26 heavy (non-hydrogen) atoms. The first-order chi connectivity index (χ1) is 12.8. The Kier molecular flexibility index (Phi) is 9.36. The summed E-state index contributed by atoms with van der Waals surface area (Å²) >= 11 is 0. The topological polar surface area (TPSA) is 26.3 Å². The largest absolute Gasteiger partial charge is 0.426 e. The van der Waals surface area contributed by atoms with Crippen LogP contribution in [0.2, 0.25) is 0 Å². The van der Waals surface area contributed by atoms with Crippen LogP contribution >= 0.6 is 0 Å². The summed E-state index contributed by atoms with van der Waals surface area (Å²) in [5, 5.41) is 0. The monoisotopic (exact) mass is 350 g/mol. The van der Waals surface area contributed by atoms with E-state index in [0.717, 1.165) is 56.3 Å². The van der Waals surface area contributed by atoms with Crippen molar-refractivity contribution in [3.8, 4) is 5.75 Å². The number of fused-ring (bicyclic) bond motifs is 1. The number of esters is 1. The summed E-state index contributed by atoms with van der Waals surface area (Å²) in [7, 11) is 0. The number of rotatable bonds is 11. The Labute approximate surface area is 158 Å². The van der Waals surface area contributed by atoms with E-state index in [1.165, 1.54) is 12.8 Å². The predicted molar refractivity (Wildman–Crippen MR) is 107 cm³/mol. The van der Waals surface area contributed by atoms with Gasteiger partial charge in [0.15, 0.2) is 0 Å². The standard InChI is InChI=1S/C24H30O2/c1-2-3-4-5-6-7-8-9-10-11-12-13-14-15-19-22-21-18-16-17-20-23(21)26-24(22)25/h5,7,9,11,16-18,20,22H,2-4,8,12-15,19H2,1H3. The van der Waals surface area contributed by atoms with E-state index in [2.05, 4.69) is 36.6 Å². The number of allylic oxidation sites excluding steroid dienone is 2. The smallest absolute Gasteiger partial charge is 0.318 e. The number of benzene rings is 1. The minimum atomic E-state index is -0.0918. The van der Waals surface area contributed by atoms with E-state index >= 15 is 0 Å². The van der Waals surface area contributed by atoms with Crippen LogP contribution in [-0.2, 0) is 4.79 Å². The molecule has 1 aromatic rings. The second-order valence-electron chi connectivity index (χ2n) is 6.68. The van der Waals surface area contributed by atoms with E-state index in [1.807, 2.05) is 30.3 Å². The van der Waals surface area contributed by atoms with Gasteiger partial charge in [-0.05, 0) is 68.9 Å². The highest BCUT2D eigenvalue weighted by molar-refractivity contribution is 5.85. The van der Waals surface area contributed by atoms with Crippen LogP contribution in [0.4, 0.5) is 0 Å². The van der Waals surface area contributed by atoms with Crippen molar-refractivity contribution in [1.29, 1.82) is 0 Å². The maximum absolute atomic E-state index is 11.9. The van der Waals surface area contributed by atoms with Crippen molar-refractivity contribution in [2.24, 2.45) is 0 Å². The Bertz CT molecular complexity index is 686. The lowest BCUT2D eigenvalue weighted by Crippen LogP contribution is -2.09. The van der Waals surface area contributed by atoms with Gasteiger partial charge in [0.05, 0.1) is 5.92 Å². The summed E-state index contributed by atoms with van der Waals surface area (Å²) in [5.41, 5.74) is 7.49. The van der Waals surface area contributed by atoms with Crippen molar-refractivity contribution in [3.05, 3.63) is 65.6 Å². The number of ether oxygens (including phenoxy) is 1. The molecule has 0 saturated carbocycles. The molecule has 1 aliphatic rings. The van der Waals surface area contributed by atoms with E-state index < -0.39 is 0 Å². The molecule has 0 aromatic heterocycles. The lowest BCUT2D eigenvalue weighted by atomic mass is 9.94. The molecule has 1 atom stereocenters. The van der Waals surface area contributed by atoms with Crippen LogP contribution in [0, 0.1) is 0 Å². The van der Waals surface area contributed by atoms with E-state index in [-0.39, 0.29) is 11.9 Å². The molecule has 2 heteroatoms. The van der Waals surface area contributed by atoms with Crippen molar-refractivity contribution in [2.75, 3.05) is 0 Å². The van der Waals surface area contributed by atoms with E-state index in [4.69, 9.17) is 4.74 Å². The first kappa shape index (κ1) is 20.0. The van der Waals surface area contributed by atoms with E-state index in [9.17, 15) is 4.79 Å². The summed E-state index contributed by atoms with van der Waals surface area (Å²) in [6, 6.07) is 7.76. The van der Waals surface area contributed by atoms with Gasteiger partial charge in [-0.25, -0.2) is 0 Å². The molecule has 0 radical (unpaired) electrons. The molecule has 1 aliphatic heterocycles. The van der Waals surface area contributed by atoms with Crippen LogP contribution < -0.4 is 4.74 Å². The maximum Gasteiger partial charge on any atom is 0.318 e. The molecular weight excluding hydrogens is 320 g/mol. The first-order valence-corrected chi connectivity index (χ1v) is 9.92. The van der Waals surface area contributed by atoms with Crippen molar-refractivity contribution >= 4 is 5.97 Å². The van der Waals surface area contributed by atoms with E-state index in [0.29, 0.717) is 0 Å². The average Bonchev–Trinajstić information content (AvgIpc) is 2.97. The van der Waals surface area contributed by atoms with Gasteiger partial charge < -0.3 is 4.74 Å². The highest BCUT2D eigenvalue weighted by Crippen LogP contribution is 2.37. The van der Waals surface area contributed by atoms with E-state index in [1.54, 1.807) is 0 Å². The normalized spacial score (nSPS) is 14.7. The van der Waals surface area contributed by atoms with Crippen LogP contribution in [0.1, 0.15) is 76.2 Å². The fraction of sp³-hybridized carbons (Fsp3) is 0.458. The number of carbonyl (C=O) groups is 1. The highest BCUT2D eigenvalue weighted by atomic mass is 16.5. The zero-order chi connectivity index (χ0) is 18.5. The quantitative estimate of drug-likeness (QED) is 0.193. The van der Waals surface area contributed by atoms with Gasteiger partial charge in [0.25, 0.3) is 0 Å². The minimum Gasteiger partial charge on any atom is -0.426 e. The second-order valence-corrected chi connectivity index (χ2v) is 6.68. The highest BCUT2D eigenvalue weighted by Gasteiger charge is 2.31. The lowest BCUT2D eigenvalue weighted by Gasteiger charge is -2.06. The summed E-state index contributed by atoms with van der Waals surface area (Å²) < 4.78 is 5.32. The third kappa shape index (κ3) is 6.92. The van der Waals surface area contributed by atoms with Gasteiger partial charge in [-0.1, -0.05) is 44.4 Å². The average molecular weight is 351 g/mol. The van der Waals surface area contributed by atoms with Gasteiger partial charge >= 0.3 is 5.97 Å². The molecule has 1 heterocycles. The molecule has 0 fully saturated rings. The van der Waals surface area contributed by atoms with Crippen LogP contribution in [-0.4, -0.2) is 5.97 Å². The SMILES string of the molecule is CCCCC=C=CCC=C=CCCCCCC1C(=O)Oc2ccccc21. The van der Waals surface area contributed by atoms with Crippen molar-refractivity contribution in [3.63, 3.8) is 0 Å². The molecule has 0 amide bonds. The van der Waals surface area contributed by atoms with Gasteiger partial charge in [-0.3, -0.25) is 4.79 Å². The summed E-state index contributed by atoms with van der Waals surface area (Å²) in [5.74, 6) is 0.578. The van der Waals surface area contributed by atoms with Crippen LogP contribution in [0.15, 0.2) is 60.0 Å². The second kappa shape index (κ2) is 12.1. The zero-order valence-electron chi connectivity index (χ0n) is 15.9. The molecule has 2 rings (SSSR count). The Hall–Kier alpha value is -2.27. The Balaban J connectivity index is 1.56. The Morgan fingerprint density at radius 1 is 0.962 bits per heavy atom. The number of hydrogen-bond donors (Lipinski definition) is 0. The molecule has 0 saturated heterocycles. The van der Waals surface area contributed by atoms with Gasteiger partial charge in [0, 0.05) is 5.56 Å². The van der Waals surface area contributed by atoms with Crippen molar-refractivity contribution < 1.29 is 9.53 Å². The van der Waals surface area contributed by atoms with Crippen LogP contribution in [0.25, 0.3) is 0 Å². The molecule has 0 bridgehead atoms. The van der Waals surface area contributed by atoms with Crippen molar-refractivity contribution in [1.82, 2.24) is 0 Å². The molecule has 138 valence electrons. The molecule has 0 spiro atoms. The Morgan fingerprint density at radius 3 is 2.46 bits per heavy atom. The number of unbranched alkanes of at least 4 members (excludes halogenated alkanes) is 5. The molecule has 0 aliphatic carbocycles. The summed E-state index contributed by atoms with van der Waals surface area (Å²) in [4.78, 5) is 11.9. The van der Waals surface area contributed by atoms with Gasteiger partial charge in [-0.15, -0.1) is 11.5 Å². The molecule has 2 nitrogen and oxygen atoms in total.